The molecule has 16 heavy (non-hydrogen) atoms. The van der Waals surface area contributed by atoms with Crippen LogP contribution >= 0.6 is 0 Å². The summed E-state index contributed by atoms with van der Waals surface area (Å²) in [5.41, 5.74) is 3.17. The largest absolute Gasteiger partial charge is 0.464 e. The van der Waals surface area contributed by atoms with Crippen molar-refractivity contribution in [3.8, 4) is 11.3 Å². The van der Waals surface area contributed by atoms with E-state index in [4.69, 9.17) is 4.42 Å². The molecule has 0 atom stereocenters. The normalized spacial score (nSPS) is 10.8. The van der Waals surface area contributed by atoms with Crippen LogP contribution in [0, 0.1) is 6.92 Å². The number of benzene rings is 1. The molecule has 0 saturated heterocycles. The van der Waals surface area contributed by atoms with Gasteiger partial charge in [0.05, 0.1) is 11.8 Å². The number of nitrogens with zero attached hydrogens (tertiary/aromatic N) is 1. The summed E-state index contributed by atoms with van der Waals surface area (Å²) in [5.74, 6) is 0.901. The molecule has 0 radical (unpaired) electrons. The SMILES string of the molecule is Cc1ccoc1-c1cnc2ccccc2c1. The second kappa shape index (κ2) is 3.49. The smallest absolute Gasteiger partial charge is 0.138 e. The lowest BCUT2D eigenvalue weighted by Crippen LogP contribution is -1.82. The van der Waals surface area contributed by atoms with Gasteiger partial charge >= 0.3 is 0 Å². The fraction of sp³-hybridized carbons (Fsp3) is 0.0714. The zero-order valence-corrected chi connectivity index (χ0v) is 8.97. The third-order valence-corrected chi connectivity index (χ3v) is 2.71. The Bertz CT molecular complexity index is 640. The maximum Gasteiger partial charge on any atom is 0.138 e. The summed E-state index contributed by atoms with van der Waals surface area (Å²) >= 11 is 0. The van der Waals surface area contributed by atoms with Gasteiger partial charge in [0.15, 0.2) is 0 Å². The second-order valence-corrected chi connectivity index (χ2v) is 3.85. The number of hydrogen-bond acceptors (Lipinski definition) is 2. The number of fused-ring (bicyclic) bond motifs is 1. The lowest BCUT2D eigenvalue weighted by molar-refractivity contribution is 0.580. The average molecular weight is 209 g/mol. The molecule has 0 unspecified atom stereocenters. The van der Waals surface area contributed by atoms with Crippen LogP contribution < -0.4 is 0 Å². The van der Waals surface area contributed by atoms with Gasteiger partial charge in [0.1, 0.15) is 5.76 Å². The molecule has 1 aromatic carbocycles. The molecular weight excluding hydrogens is 198 g/mol. The molecule has 0 saturated carbocycles. The van der Waals surface area contributed by atoms with Crippen molar-refractivity contribution in [1.29, 1.82) is 0 Å². The fourth-order valence-corrected chi connectivity index (χ4v) is 1.86. The van der Waals surface area contributed by atoms with Gasteiger partial charge in [-0.15, -0.1) is 0 Å². The Kier molecular flexibility index (Phi) is 2.00. The predicted octanol–water partition coefficient (Wildman–Crippen LogP) is 3.80. The standard InChI is InChI=1S/C14H11NO/c1-10-6-7-16-14(10)12-8-11-4-2-3-5-13(11)15-9-12/h2-9H,1H3. The van der Waals surface area contributed by atoms with Crippen LogP contribution in [0.5, 0.6) is 0 Å². The second-order valence-electron chi connectivity index (χ2n) is 3.85. The van der Waals surface area contributed by atoms with Crippen LogP contribution in [-0.2, 0) is 0 Å². The van der Waals surface area contributed by atoms with Crippen molar-refractivity contribution in [3.63, 3.8) is 0 Å². The van der Waals surface area contributed by atoms with Gasteiger partial charge in [0.2, 0.25) is 0 Å². The van der Waals surface area contributed by atoms with Crippen LogP contribution in [0.1, 0.15) is 5.56 Å². The molecule has 0 spiro atoms. The summed E-state index contributed by atoms with van der Waals surface area (Å²) in [7, 11) is 0. The first-order valence-corrected chi connectivity index (χ1v) is 5.24. The molecule has 78 valence electrons. The first kappa shape index (κ1) is 9.16. The highest BCUT2D eigenvalue weighted by atomic mass is 16.3. The molecule has 2 nitrogen and oxygen atoms in total. The minimum absolute atomic E-state index is 0.901. The van der Waals surface area contributed by atoms with E-state index in [2.05, 4.69) is 17.1 Å². The topological polar surface area (TPSA) is 26.0 Å². The molecule has 0 bridgehead atoms. The first-order chi connectivity index (χ1) is 7.84. The summed E-state index contributed by atoms with van der Waals surface area (Å²) in [6, 6.07) is 12.1. The minimum Gasteiger partial charge on any atom is -0.464 e. The van der Waals surface area contributed by atoms with Crippen LogP contribution in [0.4, 0.5) is 0 Å². The van der Waals surface area contributed by atoms with Crippen molar-refractivity contribution in [1.82, 2.24) is 4.98 Å². The van der Waals surface area contributed by atoms with E-state index in [0.717, 1.165) is 27.8 Å². The van der Waals surface area contributed by atoms with Gasteiger partial charge in [-0.1, -0.05) is 18.2 Å². The summed E-state index contributed by atoms with van der Waals surface area (Å²) in [4.78, 5) is 4.42. The van der Waals surface area contributed by atoms with E-state index in [1.807, 2.05) is 37.4 Å². The van der Waals surface area contributed by atoms with Gasteiger partial charge in [0.25, 0.3) is 0 Å². The Morgan fingerprint density at radius 3 is 2.81 bits per heavy atom. The lowest BCUT2D eigenvalue weighted by atomic mass is 10.1. The van der Waals surface area contributed by atoms with E-state index in [0.29, 0.717) is 0 Å². The minimum atomic E-state index is 0.901. The molecule has 3 aromatic rings. The Hall–Kier alpha value is -2.09. The number of hydrogen-bond donors (Lipinski definition) is 0. The highest BCUT2D eigenvalue weighted by Gasteiger charge is 2.06. The molecule has 0 fully saturated rings. The van der Waals surface area contributed by atoms with E-state index in [1.54, 1.807) is 6.26 Å². The highest BCUT2D eigenvalue weighted by Crippen LogP contribution is 2.26. The van der Waals surface area contributed by atoms with Crippen molar-refractivity contribution in [2.24, 2.45) is 0 Å². The Morgan fingerprint density at radius 1 is 1.12 bits per heavy atom. The maximum absolute atomic E-state index is 5.46. The van der Waals surface area contributed by atoms with Gasteiger partial charge in [-0.2, -0.15) is 0 Å². The molecule has 0 aliphatic carbocycles. The molecule has 2 aromatic heterocycles. The molecule has 0 aliphatic heterocycles. The molecule has 0 amide bonds. The van der Waals surface area contributed by atoms with Crippen LogP contribution in [0.3, 0.4) is 0 Å². The van der Waals surface area contributed by atoms with E-state index < -0.39 is 0 Å². The molecule has 0 N–H and O–H groups in total. The van der Waals surface area contributed by atoms with Crippen molar-refractivity contribution in [3.05, 3.63) is 54.4 Å². The molecule has 0 aliphatic rings. The number of aryl methyl sites for hydroxylation is 1. The van der Waals surface area contributed by atoms with Gasteiger partial charge in [-0.25, -0.2) is 0 Å². The lowest BCUT2D eigenvalue weighted by Gasteiger charge is -2.01. The van der Waals surface area contributed by atoms with Crippen LogP contribution in [-0.4, -0.2) is 4.98 Å². The van der Waals surface area contributed by atoms with E-state index >= 15 is 0 Å². The third kappa shape index (κ3) is 1.39. The van der Waals surface area contributed by atoms with Crippen LogP contribution in [0.15, 0.2) is 53.3 Å². The quantitative estimate of drug-likeness (QED) is 0.609. The number of para-hydroxylation sites is 1. The van der Waals surface area contributed by atoms with Crippen LogP contribution in [0.25, 0.3) is 22.2 Å². The third-order valence-electron chi connectivity index (χ3n) is 2.71. The summed E-state index contributed by atoms with van der Waals surface area (Å²) in [5, 5.41) is 1.14. The zero-order chi connectivity index (χ0) is 11.0. The number of pyridine rings is 1. The van der Waals surface area contributed by atoms with Crippen molar-refractivity contribution < 1.29 is 4.42 Å². The summed E-state index contributed by atoms with van der Waals surface area (Å²) in [6.07, 6.45) is 3.56. The Labute approximate surface area is 93.5 Å². The van der Waals surface area contributed by atoms with Crippen LogP contribution in [0.2, 0.25) is 0 Å². The average Bonchev–Trinajstić information content (AvgIpc) is 2.75. The fourth-order valence-electron chi connectivity index (χ4n) is 1.86. The molecule has 2 heterocycles. The number of aromatic nitrogens is 1. The van der Waals surface area contributed by atoms with Gasteiger partial charge in [-0.3, -0.25) is 4.98 Å². The van der Waals surface area contributed by atoms with Crippen molar-refractivity contribution >= 4 is 10.9 Å². The van der Waals surface area contributed by atoms with Crippen molar-refractivity contribution in [2.75, 3.05) is 0 Å². The number of rotatable bonds is 1. The molecule has 2 heteroatoms. The van der Waals surface area contributed by atoms with Gasteiger partial charge < -0.3 is 4.42 Å². The zero-order valence-electron chi connectivity index (χ0n) is 8.97. The van der Waals surface area contributed by atoms with Crippen molar-refractivity contribution in [2.45, 2.75) is 6.92 Å². The number of furan rings is 1. The monoisotopic (exact) mass is 209 g/mol. The van der Waals surface area contributed by atoms with E-state index in [1.165, 1.54) is 0 Å². The first-order valence-electron chi connectivity index (χ1n) is 5.24. The van der Waals surface area contributed by atoms with E-state index in [-0.39, 0.29) is 0 Å². The Morgan fingerprint density at radius 2 is 2.00 bits per heavy atom. The molecular formula is C14H11NO. The Balaban J connectivity index is 2.23. The summed E-state index contributed by atoms with van der Waals surface area (Å²) in [6.45, 7) is 2.04. The van der Waals surface area contributed by atoms with Gasteiger partial charge in [-0.05, 0) is 30.7 Å². The van der Waals surface area contributed by atoms with Gasteiger partial charge in [0, 0.05) is 17.1 Å². The maximum atomic E-state index is 5.46. The predicted molar refractivity (Wildman–Crippen MR) is 64.2 cm³/mol. The van der Waals surface area contributed by atoms with E-state index in [9.17, 15) is 0 Å². The highest BCUT2D eigenvalue weighted by molar-refractivity contribution is 5.82. The summed E-state index contributed by atoms with van der Waals surface area (Å²) < 4.78 is 5.46. The molecule has 3 rings (SSSR count).